The van der Waals surface area contributed by atoms with E-state index in [1.54, 1.807) is 12.1 Å². The van der Waals surface area contributed by atoms with E-state index >= 15 is 0 Å². The van der Waals surface area contributed by atoms with Crippen molar-refractivity contribution in [2.45, 2.75) is 11.0 Å². The molecule has 1 amide bonds. The molecular weight excluding hydrogens is 323 g/mol. The normalized spacial score (nSPS) is 16.1. The van der Waals surface area contributed by atoms with Gasteiger partial charge in [0.15, 0.2) is 6.10 Å². The fraction of sp³-hybridized carbons (Fsp3) is 0.133. The molecule has 1 heterocycles. The Hall–Kier alpha value is -2.61. The van der Waals surface area contributed by atoms with E-state index in [1.165, 1.54) is 11.8 Å². The monoisotopic (exact) mass is 334 g/mol. The number of benzene rings is 2. The number of hydrogen-bond acceptors (Lipinski definition) is 5. The molecule has 0 unspecified atom stereocenters. The summed E-state index contributed by atoms with van der Waals surface area (Å²) in [6.07, 6.45) is -0.798. The molecule has 1 aliphatic rings. The molecule has 1 aliphatic heterocycles. The first-order valence-corrected chi connectivity index (χ1v) is 7.66. The Kier molecular flexibility index (Phi) is 4.16. The summed E-state index contributed by atoms with van der Waals surface area (Å²) < 4.78 is 19.3. The second kappa shape index (κ2) is 6.25. The standard InChI is InChI=1S/C15H11FN2O4S/c16-10-6-5-9(18(20)21)7-11(10)17-15(19)13-8-23-14-4-2-1-3-12(14)22-13/h1-7,13H,8H2,(H,17,19)/t13-/m0/s1. The molecule has 0 fully saturated rings. The predicted molar refractivity (Wildman–Crippen MR) is 83.3 cm³/mol. The van der Waals surface area contributed by atoms with E-state index < -0.39 is 22.8 Å². The van der Waals surface area contributed by atoms with Crippen LogP contribution in [0, 0.1) is 15.9 Å². The zero-order valence-corrected chi connectivity index (χ0v) is 12.5. The Bertz CT molecular complexity index is 784. The Morgan fingerprint density at radius 2 is 2.13 bits per heavy atom. The van der Waals surface area contributed by atoms with Gasteiger partial charge >= 0.3 is 0 Å². The molecule has 0 bridgehead atoms. The molecule has 0 saturated heterocycles. The lowest BCUT2D eigenvalue weighted by molar-refractivity contribution is -0.384. The number of nitro benzene ring substituents is 1. The van der Waals surface area contributed by atoms with Gasteiger partial charge in [0, 0.05) is 22.8 Å². The van der Waals surface area contributed by atoms with E-state index in [2.05, 4.69) is 5.32 Å². The van der Waals surface area contributed by atoms with Crippen molar-refractivity contribution in [3.63, 3.8) is 0 Å². The number of carbonyl (C=O) groups excluding carboxylic acids is 1. The smallest absolute Gasteiger partial charge is 0.271 e. The third-order valence-corrected chi connectivity index (χ3v) is 4.34. The number of amides is 1. The Morgan fingerprint density at radius 3 is 2.91 bits per heavy atom. The molecule has 1 N–H and O–H groups in total. The first-order chi connectivity index (χ1) is 11.0. The number of ether oxygens (including phenoxy) is 1. The van der Waals surface area contributed by atoms with Crippen LogP contribution in [0.2, 0.25) is 0 Å². The van der Waals surface area contributed by atoms with Crippen molar-refractivity contribution >= 4 is 29.0 Å². The minimum atomic E-state index is -0.798. The van der Waals surface area contributed by atoms with Gasteiger partial charge in [-0.15, -0.1) is 11.8 Å². The number of non-ortho nitro benzene ring substituents is 1. The number of nitrogens with zero attached hydrogens (tertiary/aromatic N) is 1. The highest BCUT2D eigenvalue weighted by atomic mass is 32.2. The van der Waals surface area contributed by atoms with Crippen LogP contribution in [0.4, 0.5) is 15.8 Å². The van der Waals surface area contributed by atoms with E-state index in [4.69, 9.17) is 4.74 Å². The lowest BCUT2D eigenvalue weighted by Crippen LogP contribution is -2.37. The molecule has 6 nitrogen and oxygen atoms in total. The van der Waals surface area contributed by atoms with E-state index in [0.29, 0.717) is 11.5 Å². The quantitative estimate of drug-likeness (QED) is 0.688. The Morgan fingerprint density at radius 1 is 1.35 bits per heavy atom. The summed E-state index contributed by atoms with van der Waals surface area (Å²) in [5, 5.41) is 13.1. The van der Waals surface area contributed by atoms with Crippen molar-refractivity contribution in [2.75, 3.05) is 11.1 Å². The summed E-state index contributed by atoms with van der Waals surface area (Å²) in [6.45, 7) is 0. The van der Waals surface area contributed by atoms with Crippen molar-refractivity contribution in [1.29, 1.82) is 0 Å². The van der Waals surface area contributed by atoms with Gasteiger partial charge in [-0.25, -0.2) is 4.39 Å². The molecule has 0 saturated carbocycles. The average Bonchev–Trinajstić information content (AvgIpc) is 2.56. The molecule has 0 aliphatic carbocycles. The molecule has 8 heteroatoms. The number of nitrogens with one attached hydrogen (secondary N) is 1. The van der Waals surface area contributed by atoms with Crippen molar-refractivity contribution in [2.24, 2.45) is 0 Å². The fourth-order valence-corrected chi connectivity index (χ4v) is 3.07. The Labute approximate surface area is 134 Å². The zero-order chi connectivity index (χ0) is 16.4. The van der Waals surface area contributed by atoms with Gasteiger partial charge in [-0.05, 0) is 18.2 Å². The van der Waals surface area contributed by atoms with Gasteiger partial charge in [0.2, 0.25) is 0 Å². The summed E-state index contributed by atoms with van der Waals surface area (Å²) in [6, 6.07) is 10.3. The van der Waals surface area contributed by atoms with Crippen LogP contribution in [-0.2, 0) is 4.79 Å². The Balaban J connectivity index is 1.75. The number of nitro groups is 1. The highest BCUT2D eigenvalue weighted by molar-refractivity contribution is 7.99. The molecule has 1 atom stereocenters. The second-order valence-electron chi connectivity index (χ2n) is 4.77. The van der Waals surface area contributed by atoms with Gasteiger partial charge in [0.25, 0.3) is 11.6 Å². The molecule has 118 valence electrons. The highest BCUT2D eigenvalue weighted by Gasteiger charge is 2.27. The lowest BCUT2D eigenvalue weighted by Gasteiger charge is -2.24. The number of hydrogen-bond donors (Lipinski definition) is 1. The number of anilines is 1. The summed E-state index contributed by atoms with van der Waals surface area (Å²) in [4.78, 5) is 23.2. The number of para-hydroxylation sites is 1. The highest BCUT2D eigenvalue weighted by Crippen LogP contribution is 2.35. The van der Waals surface area contributed by atoms with Crippen LogP contribution >= 0.6 is 11.8 Å². The topological polar surface area (TPSA) is 81.5 Å². The molecule has 23 heavy (non-hydrogen) atoms. The molecule has 2 aromatic carbocycles. The lowest BCUT2D eigenvalue weighted by atomic mass is 10.2. The minimum Gasteiger partial charge on any atom is -0.479 e. The number of fused-ring (bicyclic) bond motifs is 1. The van der Waals surface area contributed by atoms with Crippen molar-refractivity contribution in [3.8, 4) is 5.75 Å². The molecule has 2 aromatic rings. The van der Waals surface area contributed by atoms with Crippen molar-refractivity contribution in [1.82, 2.24) is 0 Å². The van der Waals surface area contributed by atoms with E-state index in [1.807, 2.05) is 12.1 Å². The van der Waals surface area contributed by atoms with Gasteiger partial charge in [-0.1, -0.05) is 12.1 Å². The third-order valence-electron chi connectivity index (χ3n) is 3.22. The summed E-state index contributed by atoms with van der Waals surface area (Å²) in [5.41, 5.74) is -0.539. The number of thioether (sulfide) groups is 1. The molecule has 3 rings (SSSR count). The van der Waals surface area contributed by atoms with Crippen molar-refractivity contribution < 1.29 is 18.8 Å². The molecular formula is C15H11FN2O4S. The predicted octanol–water partition coefficient (Wildman–Crippen LogP) is 3.23. The SMILES string of the molecule is O=C(Nc1cc([N+](=O)[O-])ccc1F)[C@@H]1CSc2ccccc2O1. The first kappa shape index (κ1) is 15.3. The second-order valence-corrected chi connectivity index (χ2v) is 5.84. The average molecular weight is 334 g/mol. The summed E-state index contributed by atoms with van der Waals surface area (Å²) >= 11 is 1.46. The van der Waals surface area contributed by atoms with Gasteiger partial charge < -0.3 is 10.1 Å². The summed E-state index contributed by atoms with van der Waals surface area (Å²) in [7, 11) is 0. The van der Waals surface area contributed by atoms with E-state index in [9.17, 15) is 19.3 Å². The van der Waals surface area contributed by atoms with Gasteiger partial charge in [-0.2, -0.15) is 0 Å². The summed E-state index contributed by atoms with van der Waals surface area (Å²) in [5.74, 6) is -0.332. The van der Waals surface area contributed by atoms with Gasteiger partial charge in [0.1, 0.15) is 11.6 Å². The zero-order valence-electron chi connectivity index (χ0n) is 11.7. The maximum absolute atomic E-state index is 13.7. The van der Waals surface area contributed by atoms with Crippen LogP contribution in [0.15, 0.2) is 47.4 Å². The first-order valence-electron chi connectivity index (χ1n) is 6.68. The van der Waals surface area contributed by atoms with Crippen LogP contribution in [0.3, 0.4) is 0 Å². The van der Waals surface area contributed by atoms with Crippen LogP contribution in [0.5, 0.6) is 5.75 Å². The van der Waals surface area contributed by atoms with Crippen LogP contribution in [0.25, 0.3) is 0 Å². The van der Waals surface area contributed by atoms with Gasteiger partial charge in [-0.3, -0.25) is 14.9 Å². The van der Waals surface area contributed by atoms with Crippen LogP contribution < -0.4 is 10.1 Å². The number of rotatable bonds is 3. The van der Waals surface area contributed by atoms with E-state index in [0.717, 1.165) is 23.1 Å². The fourth-order valence-electron chi connectivity index (χ4n) is 2.08. The van der Waals surface area contributed by atoms with E-state index in [-0.39, 0.29) is 11.4 Å². The number of halogens is 1. The molecule has 0 radical (unpaired) electrons. The van der Waals surface area contributed by atoms with Crippen LogP contribution in [0.1, 0.15) is 0 Å². The third kappa shape index (κ3) is 3.26. The van der Waals surface area contributed by atoms with Crippen LogP contribution in [-0.4, -0.2) is 22.7 Å². The maximum Gasteiger partial charge on any atom is 0.271 e. The maximum atomic E-state index is 13.7. The van der Waals surface area contributed by atoms with Gasteiger partial charge in [0.05, 0.1) is 10.6 Å². The number of carbonyl (C=O) groups is 1. The minimum absolute atomic E-state index is 0.239. The largest absolute Gasteiger partial charge is 0.479 e. The van der Waals surface area contributed by atoms with Crippen molar-refractivity contribution in [3.05, 3.63) is 58.4 Å². The molecule has 0 aromatic heterocycles. The molecule has 0 spiro atoms.